The van der Waals surface area contributed by atoms with Crippen LogP contribution in [0.25, 0.3) is 0 Å². The second-order valence-corrected chi connectivity index (χ2v) is 9.35. The Balaban J connectivity index is 1.61. The van der Waals surface area contributed by atoms with Gasteiger partial charge < -0.3 is 19.5 Å². The number of carbonyl (C=O) groups excluding carboxylic acids is 2. The van der Waals surface area contributed by atoms with Gasteiger partial charge in [0.2, 0.25) is 11.7 Å². The molecular formula is C21H20ClF3N4O4S. The highest BCUT2D eigenvalue weighted by Gasteiger charge is 2.40. The minimum atomic E-state index is -4.63. The number of thioether (sulfide) groups is 1. The normalized spacial score (nSPS) is 18.4. The van der Waals surface area contributed by atoms with Gasteiger partial charge in [-0.3, -0.25) is 14.4 Å². The number of likely N-dealkylation sites (tertiary alicyclic amines) is 1. The largest absolute Gasteiger partial charge is 0.501 e. The summed E-state index contributed by atoms with van der Waals surface area (Å²) in [5.74, 6) is -2.16. The van der Waals surface area contributed by atoms with E-state index in [1.54, 1.807) is 29.2 Å². The van der Waals surface area contributed by atoms with Crippen molar-refractivity contribution in [3.63, 3.8) is 0 Å². The Morgan fingerprint density at radius 3 is 2.65 bits per heavy atom. The number of alkyl halides is 3. The van der Waals surface area contributed by atoms with Crippen molar-refractivity contribution >= 4 is 35.2 Å². The Morgan fingerprint density at radius 2 is 1.94 bits per heavy atom. The molecule has 0 bridgehead atoms. The molecule has 2 aromatic rings. The van der Waals surface area contributed by atoms with Crippen LogP contribution in [0.5, 0.6) is 5.75 Å². The zero-order valence-electron chi connectivity index (χ0n) is 17.7. The number of aromatic hydroxyl groups is 1. The third-order valence-corrected chi connectivity index (χ3v) is 7.20. The number of fused-ring (bicyclic) bond motifs is 1. The fourth-order valence-corrected chi connectivity index (χ4v) is 5.34. The molecule has 13 heteroatoms. The van der Waals surface area contributed by atoms with Crippen LogP contribution in [0.2, 0.25) is 5.02 Å². The van der Waals surface area contributed by atoms with Crippen LogP contribution in [-0.4, -0.2) is 67.8 Å². The van der Waals surface area contributed by atoms with E-state index in [1.807, 2.05) is 0 Å². The molecule has 1 saturated heterocycles. The first-order valence-corrected chi connectivity index (χ1v) is 11.8. The first-order valence-electron chi connectivity index (χ1n) is 10.4. The highest BCUT2D eigenvalue weighted by molar-refractivity contribution is 8.00. The molecule has 1 aromatic carbocycles. The maximum absolute atomic E-state index is 13.0. The molecule has 0 radical (unpaired) electrons. The topological polar surface area (TPSA) is 95.7 Å². The monoisotopic (exact) mass is 516 g/mol. The smallest absolute Gasteiger partial charge is 0.406 e. The highest BCUT2D eigenvalue weighted by Crippen LogP contribution is 2.35. The predicted octanol–water partition coefficient (Wildman–Crippen LogP) is 3.08. The molecule has 4 rings (SSSR count). The first kappa shape index (κ1) is 24.4. The molecule has 1 unspecified atom stereocenters. The Morgan fingerprint density at radius 1 is 1.21 bits per heavy atom. The van der Waals surface area contributed by atoms with Crippen LogP contribution in [0.1, 0.15) is 35.2 Å². The Bertz CT molecular complexity index is 1190. The summed E-state index contributed by atoms with van der Waals surface area (Å²) in [4.78, 5) is 44.8. The lowest BCUT2D eigenvalue weighted by molar-refractivity contribution is -0.141. The van der Waals surface area contributed by atoms with E-state index in [0.29, 0.717) is 29.3 Å². The third kappa shape index (κ3) is 4.88. The van der Waals surface area contributed by atoms with E-state index in [1.165, 1.54) is 16.3 Å². The molecule has 3 heterocycles. The van der Waals surface area contributed by atoms with Gasteiger partial charge in [0.25, 0.3) is 5.91 Å². The first-order chi connectivity index (χ1) is 16.1. The van der Waals surface area contributed by atoms with Gasteiger partial charge in [0.15, 0.2) is 5.69 Å². The SMILES string of the molecule is O=C1c2c(O)c(=O)nc(C3CCCN3C(=O)CSc3ccccc3Cl)n2CCN1CC(F)(F)F. The van der Waals surface area contributed by atoms with E-state index in [-0.39, 0.29) is 30.6 Å². The summed E-state index contributed by atoms with van der Waals surface area (Å²) in [5, 5.41) is 10.7. The van der Waals surface area contributed by atoms with Gasteiger partial charge in [0.1, 0.15) is 12.4 Å². The Labute approximate surface area is 201 Å². The summed E-state index contributed by atoms with van der Waals surface area (Å²) in [7, 11) is 0. The lowest BCUT2D eigenvalue weighted by Crippen LogP contribution is -2.47. The number of nitrogens with zero attached hydrogens (tertiary/aromatic N) is 4. The minimum Gasteiger partial charge on any atom is -0.501 e. The average Bonchev–Trinajstić information content (AvgIpc) is 3.26. The summed E-state index contributed by atoms with van der Waals surface area (Å²) < 4.78 is 39.9. The van der Waals surface area contributed by atoms with Gasteiger partial charge in [-0.15, -0.1) is 11.8 Å². The molecule has 1 aromatic heterocycles. The zero-order valence-corrected chi connectivity index (χ0v) is 19.3. The fraction of sp³-hybridized carbons (Fsp3) is 0.429. The molecule has 2 aliphatic heterocycles. The summed E-state index contributed by atoms with van der Waals surface area (Å²) >= 11 is 7.41. The molecule has 0 spiro atoms. The molecule has 182 valence electrons. The third-order valence-electron chi connectivity index (χ3n) is 5.70. The minimum absolute atomic E-state index is 0.0771. The number of hydrogen-bond donors (Lipinski definition) is 1. The molecule has 1 N–H and O–H groups in total. The van der Waals surface area contributed by atoms with E-state index in [4.69, 9.17) is 11.6 Å². The van der Waals surface area contributed by atoms with Gasteiger partial charge in [-0.05, 0) is 25.0 Å². The van der Waals surface area contributed by atoms with Gasteiger partial charge >= 0.3 is 11.7 Å². The summed E-state index contributed by atoms with van der Waals surface area (Å²) in [6.45, 7) is -1.47. The van der Waals surface area contributed by atoms with E-state index in [9.17, 15) is 32.7 Å². The van der Waals surface area contributed by atoms with Crippen molar-refractivity contribution in [2.75, 3.05) is 25.4 Å². The molecule has 8 nitrogen and oxygen atoms in total. The van der Waals surface area contributed by atoms with E-state index < -0.39 is 41.7 Å². The van der Waals surface area contributed by atoms with Crippen LogP contribution in [0.4, 0.5) is 13.2 Å². The van der Waals surface area contributed by atoms with Crippen molar-refractivity contribution in [3.05, 3.63) is 51.2 Å². The number of amides is 2. The van der Waals surface area contributed by atoms with Crippen molar-refractivity contribution in [1.29, 1.82) is 0 Å². The van der Waals surface area contributed by atoms with Crippen LogP contribution in [0.15, 0.2) is 34.0 Å². The van der Waals surface area contributed by atoms with Crippen LogP contribution in [0, 0.1) is 0 Å². The molecule has 2 aliphatic rings. The van der Waals surface area contributed by atoms with Crippen molar-refractivity contribution in [3.8, 4) is 5.75 Å². The number of benzene rings is 1. The summed E-state index contributed by atoms with van der Waals surface area (Å²) in [6.07, 6.45) is -3.55. The quantitative estimate of drug-likeness (QED) is 0.614. The number of rotatable bonds is 5. The van der Waals surface area contributed by atoms with Crippen LogP contribution in [-0.2, 0) is 11.3 Å². The molecule has 34 heavy (non-hydrogen) atoms. The molecule has 2 amide bonds. The van der Waals surface area contributed by atoms with Crippen molar-refractivity contribution < 1.29 is 27.9 Å². The Kier molecular flexibility index (Phi) is 6.81. The van der Waals surface area contributed by atoms with Crippen molar-refractivity contribution in [2.45, 2.75) is 36.5 Å². The Hall–Kier alpha value is -2.73. The van der Waals surface area contributed by atoms with Crippen molar-refractivity contribution in [1.82, 2.24) is 19.4 Å². The van der Waals surface area contributed by atoms with Crippen LogP contribution >= 0.6 is 23.4 Å². The van der Waals surface area contributed by atoms with Crippen molar-refractivity contribution in [2.24, 2.45) is 0 Å². The van der Waals surface area contributed by atoms with Gasteiger partial charge in [-0.1, -0.05) is 23.7 Å². The highest BCUT2D eigenvalue weighted by atomic mass is 35.5. The van der Waals surface area contributed by atoms with E-state index >= 15 is 0 Å². The second-order valence-electron chi connectivity index (χ2n) is 7.93. The number of aromatic nitrogens is 2. The molecule has 1 atom stereocenters. The fourth-order valence-electron chi connectivity index (χ4n) is 4.22. The lowest BCUT2D eigenvalue weighted by atomic mass is 10.1. The van der Waals surface area contributed by atoms with Gasteiger partial charge in [-0.25, -0.2) is 0 Å². The zero-order chi connectivity index (χ0) is 24.6. The van der Waals surface area contributed by atoms with Gasteiger partial charge in [-0.2, -0.15) is 18.2 Å². The molecular weight excluding hydrogens is 497 g/mol. The summed E-state index contributed by atoms with van der Waals surface area (Å²) in [6, 6.07) is 6.44. The molecule has 0 saturated carbocycles. The van der Waals surface area contributed by atoms with Crippen LogP contribution in [0.3, 0.4) is 0 Å². The number of carbonyl (C=O) groups is 2. The van der Waals surface area contributed by atoms with Gasteiger partial charge in [0.05, 0.1) is 16.8 Å². The lowest BCUT2D eigenvalue weighted by Gasteiger charge is -2.34. The number of hydrogen-bond acceptors (Lipinski definition) is 6. The average molecular weight is 517 g/mol. The number of halogens is 4. The second kappa shape index (κ2) is 9.49. The van der Waals surface area contributed by atoms with E-state index in [2.05, 4.69) is 4.98 Å². The maximum atomic E-state index is 13.0. The van der Waals surface area contributed by atoms with Crippen LogP contribution < -0.4 is 5.56 Å². The van der Waals surface area contributed by atoms with Gasteiger partial charge in [0, 0.05) is 24.5 Å². The summed E-state index contributed by atoms with van der Waals surface area (Å²) in [5.41, 5.74) is -1.65. The predicted molar refractivity (Wildman–Crippen MR) is 118 cm³/mol. The standard InChI is InChI=1S/C21H20ClF3N4O4S/c22-12-4-1-2-6-14(12)34-10-15(30)28-7-3-5-13(28)18-26-19(32)17(31)16-20(33)27(8-9-29(16)18)11-21(23,24)25/h1-2,4,6,13,31H,3,5,7-11H2. The molecule has 1 fully saturated rings. The maximum Gasteiger partial charge on any atom is 0.406 e. The van der Waals surface area contributed by atoms with E-state index in [0.717, 1.165) is 4.90 Å². The molecule has 0 aliphatic carbocycles.